The summed E-state index contributed by atoms with van der Waals surface area (Å²) in [5, 5.41) is 2.79. The van der Waals surface area contributed by atoms with Gasteiger partial charge in [-0.2, -0.15) is 0 Å². The van der Waals surface area contributed by atoms with Gasteiger partial charge in [-0.1, -0.05) is 0 Å². The van der Waals surface area contributed by atoms with Crippen LogP contribution in [0.5, 0.6) is 0 Å². The molecular weight excluding hydrogens is 246 g/mol. The SMILES string of the molecule is CNCC(=O)N1CCN(CCOC)C(=O)C1.Cl. The van der Waals surface area contributed by atoms with Gasteiger partial charge in [-0.3, -0.25) is 9.59 Å². The van der Waals surface area contributed by atoms with Gasteiger partial charge >= 0.3 is 0 Å². The van der Waals surface area contributed by atoms with Gasteiger partial charge in [0.25, 0.3) is 0 Å². The number of halogens is 1. The lowest BCUT2D eigenvalue weighted by Gasteiger charge is -2.34. The van der Waals surface area contributed by atoms with Crippen molar-refractivity contribution in [1.29, 1.82) is 0 Å². The van der Waals surface area contributed by atoms with Gasteiger partial charge in [0.05, 0.1) is 19.7 Å². The molecule has 7 heteroatoms. The smallest absolute Gasteiger partial charge is 0.242 e. The van der Waals surface area contributed by atoms with Crippen LogP contribution in [0.15, 0.2) is 0 Å². The Bertz CT molecular complexity index is 263. The number of piperazine rings is 1. The summed E-state index contributed by atoms with van der Waals surface area (Å²) < 4.78 is 4.92. The van der Waals surface area contributed by atoms with Crippen molar-refractivity contribution < 1.29 is 14.3 Å². The van der Waals surface area contributed by atoms with Crippen molar-refractivity contribution in [2.45, 2.75) is 0 Å². The van der Waals surface area contributed by atoms with Gasteiger partial charge in [-0.05, 0) is 7.05 Å². The molecule has 0 aliphatic carbocycles. The number of nitrogens with one attached hydrogen (secondary N) is 1. The van der Waals surface area contributed by atoms with Crippen LogP contribution in [-0.2, 0) is 14.3 Å². The number of rotatable bonds is 5. The van der Waals surface area contributed by atoms with E-state index in [2.05, 4.69) is 5.32 Å². The summed E-state index contributed by atoms with van der Waals surface area (Å²) in [4.78, 5) is 26.5. The van der Waals surface area contributed by atoms with Crippen LogP contribution < -0.4 is 5.32 Å². The lowest BCUT2D eigenvalue weighted by Crippen LogP contribution is -2.54. The third kappa shape index (κ3) is 4.89. The van der Waals surface area contributed by atoms with E-state index in [1.165, 1.54) is 0 Å². The lowest BCUT2D eigenvalue weighted by molar-refractivity contribution is -0.145. The Labute approximate surface area is 108 Å². The van der Waals surface area contributed by atoms with E-state index in [0.717, 1.165) is 0 Å². The van der Waals surface area contributed by atoms with E-state index in [-0.39, 0.29) is 37.3 Å². The molecule has 0 bridgehead atoms. The molecule has 1 rings (SSSR count). The second kappa shape index (κ2) is 8.27. The monoisotopic (exact) mass is 265 g/mol. The van der Waals surface area contributed by atoms with Crippen LogP contribution >= 0.6 is 12.4 Å². The Balaban J connectivity index is 0.00000256. The molecule has 0 unspecified atom stereocenters. The van der Waals surface area contributed by atoms with Crippen LogP contribution in [0.1, 0.15) is 0 Å². The molecule has 1 saturated heterocycles. The summed E-state index contributed by atoms with van der Waals surface area (Å²) in [6.07, 6.45) is 0. The summed E-state index contributed by atoms with van der Waals surface area (Å²) in [6, 6.07) is 0. The standard InChI is InChI=1S/C10H19N3O3.ClH/c1-11-7-9(14)13-4-3-12(5-6-16-2)10(15)8-13;/h11H,3-8H2,1-2H3;1H. The van der Waals surface area contributed by atoms with E-state index in [0.29, 0.717) is 26.2 Å². The minimum absolute atomic E-state index is 0. The van der Waals surface area contributed by atoms with Gasteiger partial charge < -0.3 is 19.9 Å². The number of hydrogen-bond acceptors (Lipinski definition) is 4. The molecule has 1 N–H and O–H groups in total. The zero-order valence-electron chi connectivity index (χ0n) is 10.3. The summed E-state index contributed by atoms with van der Waals surface area (Å²) in [5.41, 5.74) is 0. The van der Waals surface area contributed by atoms with E-state index in [1.54, 1.807) is 24.0 Å². The highest BCUT2D eigenvalue weighted by atomic mass is 35.5. The maximum Gasteiger partial charge on any atom is 0.242 e. The predicted octanol–water partition coefficient (Wildman–Crippen LogP) is -1.06. The molecule has 1 aliphatic heterocycles. The Hall–Kier alpha value is -0.850. The van der Waals surface area contributed by atoms with Gasteiger partial charge in [-0.25, -0.2) is 0 Å². The fraction of sp³-hybridized carbons (Fsp3) is 0.800. The van der Waals surface area contributed by atoms with Crippen LogP contribution in [0.3, 0.4) is 0 Å². The molecule has 1 heterocycles. The fourth-order valence-corrected chi connectivity index (χ4v) is 1.62. The van der Waals surface area contributed by atoms with Crippen molar-refractivity contribution in [2.24, 2.45) is 0 Å². The second-order valence-electron chi connectivity index (χ2n) is 3.72. The molecule has 0 aromatic heterocycles. The largest absolute Gasteiger partial charge is 0.383 e. The van der Waals surface area contributed by atoms with Gasteiger partial charge in [0, 0.05) is 26.7 Å². The van der Waals surface area contributed by atoms with E-state index in [4.69, 9.17) is 4.74 Å². The molecule has 0 aromatic rings. The summed E-state index contributed by atoms with van der Waals surface area (Å²) in [6.45, 7) is 2.81. The molecule has 2 amide bonds. The van der Waals surface area contributed by atoms with Crippen LogP contribution in [0.2, 0.25) is 0 Å². The van der Waals surface area contributed by atoms with E-state index >= 15 is 0 Å². The topological polar surface area (TPSA) is 61.9 Å². The number of carbonyl (C=O) groups excluding carboxylic acids is 2. The molecule has 0 aromatic carbocycles. The molecule has 6 nitrogen and oxygen atoms in total. The van der Waals surface area contributed by atoms with E-state index in [9.17, 15) is 9.59 Å². The number of carbonyl (C=O) groups is 2. The number of hydrogen-bond donors (Lipinski definition) is 1. The first-order valence-corrected chi connectivity index (χ1v) is 5.38. The Morgan fingerprint density at radius 1 is 1.47 bits per heavy atom. The summed E-state index contributed by atoms with van der Waals surface area (Å²) in [7, 11) is 3.33. The predicted molar refractivity (Wildman–Crippen MR) is 66.2 cm³/mol. The maximum atomic E-state index is 11.7. The molecule has 0 atom stereocenters. The van der Waals surface area contributed by atoms with Crippen molar-refractivity contribution in [3.63, 3.8) is 0 Å². The van der Waals surface area contributed by atoms with Crippen molar-refractivity contribution >= 4 is 24.2 Å². The average molecular weight is 266 g/mol. The highest BCUT2D eigenvalue weighted by Gasteiger charge is 2.26. The van der Waals surface area contributed by atoms with E-state index < -0.39 is 0 Å². The number of ether oxygens (including phenoxy) is 1. The molecule has 1 aliphatic rings. The first-order chi connectivity index (χ1) is 7.69. The second-order valence-corrected chi connectivity index (χ2v) is 3.72. The van der Waals surface area contributed by atoms with Crippen molar-refractivity contribution in [3.05, 3.63) is 0 Å². The molecule has 0 radical (unpaired) electrons. The van der Waals surface area contributed by atoms with Crippen molar-refractivity contribution in [2.75, 3.05) is 53.5 Å². The van der Waals surface area contributed by atoms with Crippen LogP contribution in [0, 0.1) is 0 Å². The third-order valence-electron chi connectivity index (χ3n) is 2.56. The normalized spacial score (nSPS) is 15.8. The van der Waals surface area contributed by atoms with Crippen molar-refractivity contribution in [3.8, 4) is 0 Å². The quantitative estimate of drug-likeness (QED) is 0.689. The summed E-state index contributed by atoms with van der Waals surface area (Å²) >= 11 is 0. The average Bonchev–Trinajstić information content (AvgIpc) is 2.27. The van der Waals surface area contributed by atoms with E-state index in [1.807, 2.05) is 0 Å². The highest BCUT2D eigenvalue weighted by molar-refractivity contribution is 5.86. The van der Waals surface area contributed by atoms with Crippen LogP contribution in [0.4, 0.5) is 0 Å². The van der Waals surface area contributed by atoms with Gasteiger partial charge in [0.1, 0.15) is 0 Å². The number of nitrogens with zero attached hydrogens (tertiary/aromatic N) is 2. The van der Waals surface area contributed by atoms with Crippen LogP contribution in [-0.4, -0.2) is 75.1 Å². The first-order valence-electron chi connectivity index (χ1n) is 5.38. The number of methoxy groups -OCH3 is 1. The molecule has 0 spiro atoms. The zero-order valence-corrected chi connectivity index (χ0v) is 11.1. The lowest BCUT2D eigenvalue weighted by atomic mass is 10.3. The Morgan fingerprint density at radius 2 is 2.18 bits per heavy atom. The van der Waals surface area contributed by atoms with Gasteiger partial charge in [0.2, 0.25) is 11.8 Å². The zero-order chi connectivity index (χ0) is 12.0. The highest BCUT2D eigenvalue weighted by Crippen LogP contribution is 2.03. The van der Waals surface area contributed by atoms with Gasteiger partial charge in [-0.15, -0.1) is 12.4 Å². The Kier molecular flexibility index (Phi) is 7.86. The van der Waals surface area contributed by atoms with Crippen molar-refractivity contribution in [1.82, 2.24) is 15.1 Å². The first kappa shape index (κ1) is 16.1. The molecule has 100 valence electrons. The van der Waals surface area contributed by atoms with Crippen LogP contribution in [0.25, 0.3) is 0 Å². The third-order valence-corrected chi connectivity index (χ3v) is 2.56. The van der Waals surface area contributed by atoms with Gasteiger partial charge in [0.15, 0.2) is 0 Å². The minimum atomic E-state index is -0.0257. The molecule has 17 heavy (non-hydrogen) atoms. The minimum Gasteiger partial charge on any atom is -0.383 e. The maximum absolute atomic E-state index is 11.7. The number of likely N-dealkylation sites (N-methyl/N-ethyl adjacent to an activating group) is 1. The molecule has 1 fully saturated rings. The fourth-order valence-electron chi connectivity index (χ4n) is 1.62. The Morgan fingerprint density at radius 3 is 2.71 bits per heavy atom. The number of amides is 2. The molecular formula is C10H20ClN3O3. The molecule has 0 saturated carbocycles. The summed E-state index contributed by atoms with van der Waals surface area (Å²) in [5.74, 6) is -0.0324.